The van der Waals surface area contributed by atoms with E-state index in [2.05, 4.69) is 5.32 Å². The smallest absolute Gasteiger partial charge is 0.444 e. The number of hydrogen-bond donors (Lipinski definition) is 1. The van der Waals surface area contributed by atoms with Crippen molar-refractivity contribution in [3.05, 3.63) is 29.8 Å². The molecular weight excluding hydrogens is 433 g/mol. The van der Waals surface area contributed by atoms with Crippen LogP contribution < -0.4 is 10.8 Å². The molecule has 0 aliphatic carbocycles. The standard InChI is InChI=1S/C25H36BN3O5/c1-22(2,3)32-21(31)29-15-9-10-18(29)19-27-20(30)25(8,28-19)16-11-13-17(14-12-16)26-33-23(4,5)24(6,7)34-26/h11-14,18H,9-10,15H2,1-8H3,(H,27,28,30)/t18-,25?/m0/s1. The van der Waals surface area contributed by atoms with E-state index in [1.165, 1.54) is 0 Å². The van der Waals surface area contributed by atoms with Crippen molar-refractivity contribution in [2.24, 2.45) is 4.99 Å². The molecule has 0 radical (unpaired) electrons. The molecule has 2 saturated heterocycles. The molecule has 1 aromatic rings. The van der Waals surface area contributed by atoms with E-state index >= 15 is 0 Å². The molecule has 34 heavy (non-hydrogen) atoms. The van der Waals surface area contributed by atoms with Gasteiger partial charge in [-0.05, 0) is 79.3 Å². The third-order valence-electron chi connectivity index (χ3n) is 7.22. The molecule has 2 fully saturated rings. The molecule has 8 nitrogen and oxygen atoms in total. The molecule has 3 aliphatic heterocycles. The maximum Gasteiger partial charge on any atom is 0.494 e. The lowest BCUT2D eigenvalue weighted by Gasteiger charge is -2.32. The van der Waals surface area contributed by atoms with Crippen LogP contribution in [0.2, 0.25) is 0 Å². The predicted octanol–water partition coefficient (Wildman–Crippen LogP) is 3.13. The summed E-state index contributed by atoms with van der Waals surface area (Å²) >= 11 is 0. The summed E-state index contributed by atoms with van der Waals surface area (Å²) in [6.45, 7) is 16.0. The van der Waals surface area contributed by atoms with Gasteiger partial charge in [-0.3, -0.25) is 9.69 Å². The van der Waals surface area contributed by atoms with Crippen molar-refractivity contribution in [1.82, 2.24) is 10.2 Å². The van der Waals surface area contributed by atoms with Gasteiger partial charge in [0.25, 0.3) is 5.91 Å². The minimum Gasteiger partial charge on any atom is -0.444 e. The van der Waals surface area contributed by atoms with Crippen LogP contribution in [-0.2, 0) is 24.4 Å². The van der Waals surface area contributed by atoms with Gasteiger partial charge in [-0.1, -0.05) is 24.3 Å². The molecule has 0 spiro atoms. The van der Waals surface area contributed by atoms with Crippen LogP contribution in [0.1, 0.15) is 73.8 Å². The summed E-state index contributed by atoms with van der Waals surface area (Å²) in [6.07, 6.45) is 1.18. The average Bonchev–Trinajstić information content (AvgIpc) is 3.37. The second-order valence-corrected chi connectivity index (χ2v) is 11.6. The Hall–Kier alpha value is -2.39. The average molecular weight is 469 g/mol. The Morgan fingerprint density at radius 3 is 2.26 bits per heavy atom. The van der Waals surface area contributed by atoms with Gasteiger partial charge >= 0.3 is 13.2 Å². The van der Waals surface area contributed by atoms with E-state index in [1.807, 2.05) is 72.7 Å². The topological polar surface area (TPSA) is 89.5 Å². The van der Waals surface area contributed by atoms with Gasteiger partial charge in [-0.25, -0.2) is 9.79 Å². The molecule has 9 heteroatoms. The van der Waals surface area contributed by atoms with Crippen molar-refractivity contribution in [2.45, 2.75) is 96.6 Å². The van der Waals surface area contributed by atoms with Crippen molar-refractivity contribution < 1.29 is 23.6 Å². The van der Waals surface area contributed by atoms with E-state index < -0.39 is 29.5 Å². The fourth-order valence-corrected chi connectivity index (χ4v) is 4.45. The van der Waals surface area contributed by atoms with Crippen molar-refractivity contribution in [1.29, 1.82) is 0 Å². The Balaban J connectivity index is 1.54. The number of benzene rings is 1. The molecule has 2 amide bonds. The number of rotatable bonds is 3. The molecule has 3 aliphatic rings. The van der Waals surface area contributed by atoms with E-state index in [0.29, 0.717) is 12.4 Å². The second-order valence-electron chi connectivity index (χ2n) is 11.6. The van der Waals surface area contributed by atoms with Gasteiger partial charge in [0.05, 0.1) is 17.2 Å². The Labute approximate surface area is 202 Å². The summed E-state index contributed by atoms with van der Waals surface area (Å²) in [4.78, 5) is 32.2. The summed E-state index contributed by atoms with van der Waals surface area (Å²) in [5, 5.41) is 2.94. The quantitative estimate of drug-likeness (QED) is 0.688. The van der Waals surface area contributed by atoms with Crippen molar-refractivity contribution in [2.75, 3.05) is 6.54 Å². The Kier molecular flexibility index (Phi) is 5.88. The minimum atomic E-state index is -1.08. The van der Waals surface area contributed by atoms with E-state index in [-0.39, 0.29) is 18.0 Å². The number of hydrogen-bond acceptors (Lipinski definition) is 6. The number of likely N-dealkylation sites (tertiary alicyclic amines) is 1. The Morgan fingerprint density at radius 2 is 1.71 bits per heavy atom. The second kappa shape index (κ2) is 8.09. The van der Waals surface area contributed by atoms with Gasteiger partial charge in [0.1, 0.15) is 11.4 Å². The Morgan fingerprint density at radius 1 is 1.12 bits per heavy atom. The number of amidine groups is 1. The first kappa shape index (κ1) is 24.7. The Bertz CT molecular complexity index is 998. The van der Waals surface area contributed by atoms with E-state index in [4.69, 9.17) is 19.0 Å². The van der Waals surface area contributed by atoms with Gasteiger partial charge in [0.15, 0.2) is 5.54 Å². The number of amides is 2. The SMILES string of the molecule is CC(C)(C)OC(=O)N1CCC[C@H]1C1=NC(C)(c2ccc(B3OC(C)(C)C(C)(C)O3)cc2)C(=O)N1. The van der Waals surface area contributed by atoms with Gasteiger partial charge in [0.2, 0.25) is 0 Å². The van der Waals surface area contributed by atoms with Crippen molar-refractivity contribution >= 4 is 30.4 Å². The first-order chi connectivity index (χ1) is 15.6. The van der Waals surface area contributed by atoms with Gasteiger partial charge in [0, 0.05) is 6.54 Å². The van der Waals surface area contributed by atoms with Gasteiger partial charge < -0.3 is 19.4 Å². The zero-order chi connectivity index (χ0) is 25.1. The highest BCUT2D eigenvalue weighted by molar-refractivity contribution is 6.62. The molecule has 0 saturated carbocycles. The third-order valence-corrected chi connectivity index (χ3v) is 7.22. The number of ether oxygens (including phenoxy) is 1. The highest BCUT2D eigenvalue weighted by Gasteiger charge is 2.52. The molecule has 0 aromatic heterocycles. The molecule has 1 N–H and O–H groups in total. The number of aliphatic imine (C=N–C) groups is 1. The zero-order valence-corrected chi connectivity index (χ0v) is 21.5. The van der Waals surface area contributed by atoms with E-state index in [9.17, 15) is 9.59 Å². The zero-order valence-electron chi connectivity index (χ0n) is 21.5. The molecule has 1 unspecified atom stereocenters. The third kappa shape index (κ3) is 4.36. The van der Waals surface area contributed by atoms with Crippen LogP contribution in [0, 0.1) is 0 Å². The van der Waals surface area contributed by atoms with Crippen LogP contribution in [0.5, 0.6) is 0 Å². The maximum absolute atomic E-state index is 13.1. The monoisotopic (exact) mass is 469 g/mol. The lowest BCUT2D eigenvalue weighted by molar-refractivity contribution is -0.123. The highest BCUT2D eigenvalue weighted by atomic mass is 16.7. The van der Waals surface area contributed by atoms with Crippen molar-refractivity contribution in [3.63, 3.8) is 0 Å². The summed E-state index contributed by atoms with van der Waals surface area (Å²) in [7, 11) is -0.468. The summed E-state index contributed by atoms with van der Waals surface area (Å²) in [6, 6.07) is 7.34. The van der Waals surface area contributed by atoms with E-state index in [0.717, 1.165) is 23.9 Å². The lowest BCUT2D eigenvalue weighted by Crippen LogP contribution is -2.47. The molecule has 4 rings (SSSR count). The molecule has 1 aromatic carbocycles. The fourth-order valence-electron chi connectivity index (χ4n) is 4.45. The van der Waals surface area contributed by atoms with Crippen LogP contribution in [0.15, 0.2) is 29.3 Å². The van der Waals surface area contributed by atoms with Crippen molar-refractivity contribution in [3.8, 4) is 0 Å². The van der Waals surface area contributed by atoms with Crippen LogP contribution in [0.4, 0.5) is 4.79 Å². The van der Waals surface area contributed by atoms with Gasteiger partial charge in [-0.2, -0.15) is 0 Å². The van der Waals surface area contributed by atoms with Crippen LogP contribution >= 0.6 is 0 Å². The number of carbonyl (C=O) groups excluding carboxylic acids is 2. The highest BCUT2D eigenvalue weighted by Crippen LogP contribution is 2.37. The summed E-state index contributed by atoms with van der Waals surface area (Å²) in [5.41, 5.74) is -0.852. The van der Waals surface area contributed by atoms with E-state index in [1.54, 1.807) is 11.8 Å². The number of carbonyl (C=O) groups is 2. The fraction of sp³-hybridized carbons (Fsp3) is 0.640. The normalized spacial score (nSPS) is 28.2. The first-order valence-electron chi connectivity index (χ1n) is 12.0. The first-order valence-corrected chi connectivity index (χ1v) is 12.0. The van der Waals surface area contributed by atoms with Gasteiger partial charge in [-0.15, -0.1) is 0 Å². The molecule has 3 heterocycles. The number of nitrogens with zero attached hydrogens (tertiary/aromatic N) is 2. The molecule has 2 atom stereocenters. The largest absolute Gasteiger partial charge is 0.494 e. The van der Waals surface area contributed by atoms with Crippen LogP contribution in [0.3, 0.4) is 0 Å². The minimum absolute atomic E-state index is 0.207. The molecular formula is C25H36BN3O5. The van der Waals surface area contributed by atoms with Crippen LogP contribution in [0.25, 0.3) is 0 Å². The predicted molar refractivity (Wildman–Crippen MR) is 131 cm³/mol. The molecule has 0 bridgehead atoms. The maximum atomic E-state index is 13.1. The number of nitrogens with one attached hydrogen (secondary N) is 1. The van der Waals surface area contributed by atoms with Crippen LogP contribution in [-0.4, -0.2) is 59.2 Å². The summed E-state index contributed by atoms with van der Waals surface area (Å²) in [5.74, 6) is 0.313. The molecule has 184 valence electrons. The summed E-state index contributed by atoms with van der Waals surface area (Å²) < 4.78 is 17.8. The lowest BCUT2D eigenvalue weighted by atomic mass is 9.77.